The fourth-order valence-corrected chi connectivity index (χ4v) is 3.58. The molecule has 0 aliphatic heterocycles. The monoisotopic (exact) mass is 213 g/mol. The Morgan fingerprint density at radius 1 is 1.12 bits per heavy atom. The summed E-state index contributed by atoms with van der Waals surface area (Å²) in [5.74, 6) is 2.85. The number of fused-ring (bicyclic) bond motifs is 3. The van der Waals surface area contributed by atoms with Gasteiger partial charge in [-0.05, 0) is 61.1 Å². The lowest BCUT2D eigenvalue weighted by molar-refractivity contribution is 0.576. The van der Waals surface area contributed by atoms with E-state index >= 15 is 0 Å². The van der Waals surface area contributed by atoms with Gasteiger partial charge in [0.25, 0.3) is 0 Å². The zero-order chi connectivity index (χ0) is 10.5. The standard InChI is InChI=1S/C15H19N/c1-2-4-12-10(3-1)5-8-13-14(15(12)13)9-16-11-6-7-11/h1-4,11,13-16H,5-9H2. The average molecular weight is 213 g/mol. The normalized spacial score (nSPS) is 35.4. The molecular formula is C15H19N. The summed E-state index contributed by atoms with van der Waals surface area (Å²) in [6.07, 6.45) is 5.58. The number of hydrogen-bond donors (Lipinski definition) is 1. The Bertz CT molecular complexity index is 408. The first kappa shape index (κ1) is 9.23. The maximum atomic E-state index is 3.71. The summed E-state index contributed by atoms with van der Waals surface area (Å²) in [5.41, 5.74) is 3.29. The van der Waals surface area contributed by atoms with Crippen LogP contribution in [0.4, 0.5) is 0 Å². The van der Waals surface area contributed by atoms with Crippen molar-refractivity contribution in [3.63, 3.8) is 0 Å². The lowest BCUT2D eigenvalue weighted by Gasteiger charge is -2.13. The lowest BCUT2D eigenvalue weighted by atomic mass is 9.92. The fraction of sp³-hybridized carbons (Fsp3) is 0.600. The van der Waals surface area contributed by atoms with Crippen LogP contribution in [0.3, 0.4) is 0 Å². The highest BCUT2D eigenvalue weighted by atomic mass is 15.0. The van der Waals surface area contributed by atoms with Crippen molar-refractivity contribution in [2.24, 2.45) is 11.8 Å². The van der Waals surface area contributed by atoms with Crippen molar-refractivity contribution in [3.05, 3.63) is 35.4 Å². The van der Waals surface area contributed by atoms with Crippen molar-refractivity contribution >= 4 is 0 Å². The first-order valence-corrected chi connectivity index (χ1v) is 6.74. The van der Waals surface area contributed by atoms with Gasteiger partial charge in [-0.3, -0.25) is 0 Å². The van der Waals surface area contributed by atoms with Crippen molar-refractivity contribution < 1.29 is 0 Å². The predicted molar refractivity (Wildman–Crippen MR) is 65.5 cm³/mol. The van der Waals surface area contributed by atoms with Crippen LogP contribution >= 0.6 is 0 Å². The maximum Gasteiger partial charge on any atom is 0.00683 e. The molecule has 16 heavy (non-hydrogen) atoms. The van der Waals surface area contributed by atoms with E-state index in [1.165, 1.54) is 32.2 Å². The van der Waals surface area contributed by atoms with Crippen LogP contribution in [-0.4, -0.2) is 12.6 Å². The van der Waals surface area contributed by atoms with Crippen molar-refractivity contribution in [1.82, 2.24) is 5.32 Å². The van der Waals surface area contributed by atoms with Gasteiger partial charge in [-0.2, -0.15) is 0 Å². The molecule has 2 fully saturated rings. The van der Waals surface area contributed by atoms with Crippen molar-refractivity contribution in [2.45, 2.75) is 37.6 Å². The molecule has 0 spiro atoms. The van der Waals surface area contributed by atoms with Gasteiger partial charge < -0.3 is 5.32 Å². The van der Waals surface area contributed by atoms with E-state index in [9.17, 15) is 0 Å². The first-order chi connectivity index (χ1) is 7.93. The van der Waals surface area contributed by atoms with Gasteiger partial charge in [-0.15, -0.1) is 0 Å². The molecule has 3 atom stereocenters. The largest absolute Gasteiger partial charge is 0.314 e. The molecule has 0 aromatic heterocycles. The van der Waals surface area contributed by atoms with Gasteiger partial charge in [0.1, 0.15) is 0 Å². The molecule has 0 heterocycles. The lowest BCUT2D eigenvalue weighted by Crippen LogP contribution is -2.19. The van der Waals surface area contributed by atoms with E-state index in [4.69, 9.17) is 0 Å². The van der Waals surface area contributed by atoms with Crippen LogP contribution in [0, 0.1) is 11.8 Å². The molecule has 0 amide bonds. The summed E-state index contributed by atoms with van der Waals surface area (Å²) in [4.78, 5) is 0. The zero-order valence-corrected chi connectivity index (χ0v) is 9.65. The Kier molecular flexibility index (Phi) is 1.92. The molecular weight excluding hydrogens is 194 g/mol. The van der Waals surface area contributed by atoms with Gasteiger partial charge >= 0.3 is 0 Å². The average Bonchev–Trinajstić information content (AvgIpc) is 3.21. The molecule has 1 aromatic carbocycles. The van der Waals surface area contributed by atoms with E-state index < -0.39 is 0 Å². The van der Waals surface area contributed by atoms with Crippen LogP contribution in [0.1, 0.15) is 36.3 Å². The summed E-state index contributed by atoms with van der Waals surface area (Å²) >= 11 is 0. The molecule has 1 heteroatoms. The van der Waals surface area contributed by atoms with Gasteiger partial charge in [0, 0.05) is 6.04 Å². The fourth-order valence-electron chi connectivity index (χ4n) is 3.58. The van der Waals surface area contributed by atoms with E-state index in [1.807, 2.05) is 0 Å². The Morgan fingerprint density at radius 3 is 2.88 bits per heavy atom. The smallest absolute Gasteiger partial charge is 0.00683 e. The van der Waals surface area contributed by atoms with Crippen LogP contribution in [0.5, 0.6) is 0 Å². The molecule has 0 radical (unpaired) electrons. The van der Waals surface area contributed by atoms with Gasteiger partial charge in [0.2, 0.25) is 0 Å². The third-order valence-electron chi connectivity index (χ3n) is 4.71. The minimum absolute atomic E-state index is 0.873. The molecule has 3 aliphatic carbocycles. The zero-order valence-electron chi connectivity index (χ0n) is 9.65. The predicted octanol–water partition coefficient (Wildman–Crippen LogP) is 2.71. The Morgan fingerprint density at radius 2 is 2.00 bits per heavy atom. The van der Waals surface area contributed by atoms with Crippen LogP contribution in [-0.2, 0) is 6.42 Å². The third-order valence-corrected chi connectivity index (χ3v) is 4.71. The molecule has 0 saturated heterocycles. The van der Waals surface area contributed by atoms with E-state index in [1.54, 1.807) is 11.1 Å². The second-order valence-electron chi connectivity index (χ2n) is 5.77. The van der Waals surface area contributed by atoms with Crippen LogP contribution in [0.15, 0.2) is 24.3 Å². The SMILES string of the molecule is c1ccc2c(c1)CCC1C(CNC3CC3)C21. The van der Waals surface area contributed by atoms with Crippen LogP contribution in [0.25, 0.3) is 0 Å². The van der Waals surface area contributed by atoms with Gasteiger partial charge in [-0.1, -0.05) is 24.3 Å². The summed E-state index contributed by atoms with van der Waals surface area (Å²) in [5, 5.41) is 3.71. The summed E-state index contributed by atoms with van der Waals surface area (Å²) < 4.78 is 0. The highest BCUT2D eigenvalue weighted by molar-refractivity contribution is 5.39. The Labute approximate surface area is 97.2 Å². The second-order valence-corrected chi connectivity index (χ2v) is 5.77. The third kappa shape index (κ3) is 1.41. The van der Waals surface area contributed by atoms with Crippen molar-refractivity contribution in [2.75, 3.05) is 6.54 Å². The van der Waals surface area contributed by atoms with E-state index in [2.05, 4.69) is 29.6 Å². The number of hydrogen-bond acceptors (Lipinski definition) is 1. The maximum absolute atomic E-state index is 3.71. The molecule has 2 saturated carbocycles. The molecule has 3 aliphatic rings. The number of nitrogens with one attached hydrogen (secondary N) is 1. The van der Waals surface area contributed by atoms with E-state index in [0.29, 0.717) is 0 Å². The molecule has 84 valence electrons. The summed E-state index contributed by atoms with van der Waals surface area (Å²) in [7, 11) is 0. The van der Waals surface area contributed by atoms with E-state index in [0.717, 1.165) is 23.8 Å². The second kappa shape index (κ2) is 3.33. The van der Waals surface area contributed by atoms with E-state index in [-0.39, 0.29) is 0 Å². The minimum atomic E-state index is 0.873. The highest BCUT2D eigenvalue weighted by Crippen LogP contribution is 2.59. The number of rotatable bonds is 3. The molecule has 3 unspecified atom stereocenters. The van der Waals surface area contributed by atoms with Crippen molar-refractivity contribution in [1.29, 1.82) is 0 Å². The highest BCUT2D eigenvalue weighted by Gasteiger charge is 2.52. The molecule has 1 nitrogen and oxygen atoms in total. The van der Waals surface area contributed by atoms with Gasteiger partial charge in [0.15, 0.2) is 0 Å². The molecule has 1 N–H and O–H groups in total. The van der Waals surface area contributed by atoms with Crippen LogP contribution in [0.2, 0.25) is 0 Å². The minimum Gasteiger partial charge on any atom is -0.314 e. The quantitative estimate of drug-likeness (QED) is 0.814. The number of benzene rings is 1. The molecule has 4 rings (SSSR count). The topological polar surface area (TPSA) is 12.0 Å². The van der Waals surface area contributed by atoms with Gasteiger partial charge in [0.05, 0.1) is 0 Å². The summed E-state index contributed by atoms with van der Waals surface area (Å²) in [6.45, 7) is 1.27. The van der Waals surface area contributed by atoms with Crippen LogP contribution < -0.4 is 5.32 Å². The van der Waals surface area contributed by atoms with Gasteiger partial charge in [-0.25, -0.2) is 0 Å². The molecule has 1 aromatic rings. The van der Waals surface area contributed by atoms with Crippen molar-refractivity contribution in [3.8, 4) is 0 Å². The summed E-state index contributed by atoms with van der Waals surface area (Å²) in [6, 6.07) is 9.97. The first-order valence-electron chi connectivity index (χ1n) is 6.74. The Balaban J connectivity index is 1.51. The number of aryl methyl sites for hydroxylation is 1. The Hall–Kier alpha value is -0.820. The molecule has 0 bridgehead atoms.